The lowest BCUT2D eigenvalue weighted by atomic mass is 10.2. The Bertz CT molecular complexity index is 373. The largest absolute Gasteiger partial charge is 0.478 e. The van der Waals surface area contributed by atoms with Gasteiger partial charge < -0.3 is 9.67 Å². The van der Waals surface area contributed by atoms with Gasteiger partial charge in [-0.3, -0.25) is 0 Å². The maximum absolute atomic E-state index is 10.4. The summed E-state index contributed by atoms with van der Waals surface area (Å²) in [5, 5.41) is 8.57. The molecule has 1 aliphatic rings. The summed E-state index contributed by atoms with van der Waals surface area (Å²) in [6, 6.07) is 4.49. The molecule has 0 saturated heterocycles. The summed E-state index contributed by atoms with van der Waals surface area (Å²) in [4.78, 5) is 10.4. The molecule has 0 radical (unpaired) electrons. The van der Waals surface area contributed by atoms with Gasteiger partial charge in [0.2, 0.25) is 0 Å². The lowest BCUT2D eigenvalue weighted by Crippen LogP contribution is -2.04. The minimum atomic E-state index is -0.894. The molecule has 0 unspecified atom stereocenters. The van der Waals surface area contributed by atoms with E-state index < -0.39 is 5.97 Å². The van der Waals surface area contributed by atoms with E-state index in [0.717, 1.165) is 5.69 Å². The number of carboxylic acid groups (broad SMARTS) is 1. The topological polar surface area (TPSA) is 42.2 Å². The second-order valence-electron chi connectivity index (χ2n) is 3.95. The number of aliphatic carboxylic acids is 1. The van der Waals surface area contributed by atoms with Crippen molar-refractivity contribution < 1.29 is 9.90 Å². The average molecular weight is 205 g/mol. The van der Waals surface area contributed by atoms with Crippen LogP contribution < -0.4 is 0 Å². The third-order valence-corrected chi connectivity index (χ3v) is 2.93. The van der Waals surface area contributed by atoms with E-state index in [1.165, 1.54) is 31.8 Å². The van der Waals surface area contributed by atoms with Crippen LogP contribution in [0.25, 0.3) is 6.08 Å². The van der Waals surface area contributed by atoms with Gasteiger partial charge in [-0.15, -0.1) is 0 Å². The molecule has 0 spiro atoms. The fraction of sp³-hybridized carbons (Fsp3) is 0.417. The Hall–Kier alpha value is -1.51. The van der Waals surface area contributed by atoms with E-state index in [-0.39, 0.29) is 0 Å². The van der Waals surface area contributed by atoms with Crippen molar-refractivity contribution in [2.75, 3.05) is 0 Å². The summed E-state index contributed by atoms with van der Waals surface area (Å²) in [5.41, 5.74) is 0.990. The second kappa shape index (κ2) is 4.34. The van der Waals surface area contributed by atoms with Crippen molar-refractivity contribution in [3.63, 3.8) is 0 Å². The van der Waals surface area contributed by atoms with E-state index in [1.807, 2.05) is 18.3 Å². The SMILES string of the molecule is O=C(O)C=Cc1cccn1C1CCCC1. The third kappa shape index (κ3) is 2.29. The standard InChI is InChI=1S/C12H15NO2/c14-12(15)8-7-11-6-3-9-13(11)10-4-1-2-5-10/h3,6-10H,1-2,4-5H2,(H,14,15). The number of nitrogens with zero attached hydrogens (tertiary/aromatic N) is 1. The highest BCUT2D eigenvalue weighted by molar-refractivity contribution is 5.84. The van der Waals surface area contributed by atoms with Gasteiger partial charge in [-0.1, -0.05) is 12.8 Å². The molecule has 1 heterocycles. The minimum Gasteiger partial charge on any atom is -0.478 e. The fourth-order valence-electron chi connectivity index (χ4n) is 2.22. The molecule has 15 heavy (non-hydrogen) atoms. The molecule has 0 bridgehead atoms. The van der Waals surface area contributed by atoms with E-state index >= 15 is 0 Å². The van der Waals surface area contributed by atoms with Gasteiger partial charge in [0.1, 0.15) is 0 Å². The number of rotatable bonds is 3. The molecule has 1 aromatic heterocycles. The molecule has 0 atom stereocenters. The van der Waals surface area contributed by atoms with Crippen LogP contribution >= 0.6 is 0 Å². The van der Waals surface area contributed by atoms with Crippen LogP contribution in [0.4, 0.5) is 0 Å². The molecule has 0 aromatic carbocycles. The molecule has 1 aromatic rings. The van der Waals surface area contributed by atoms with Gasteiger partial charge in [-0.25, -0.2) is 4.79 Å². The lowest BCUT2D eigenvalue weighted by molar-refractivity contribution is -0.131. The molecule has 2 rings (SSSR count). The van der Waals surface area contributed by atoms with Crippen LogP contribution in [0.1, 0.15) is 37.4 Å². The molecule has 1 aliphatic carbocycles. The van der Waals surface area contributed by atoms with Gasteiger partial charge in [0, 0.05) is 24.0 Å². The van der Waals surface area contributed by atoms with Crippen molar-refractivity contribution >= 4 is 12.0 Å². The zero-order valence-corrected chi connectivity index (χ0v) is 8.60. The highest BCUT2D eigenvalue weighted by atomic mass is 16.4. The molecule has 3 heteroatoms. The van der Waals surface area contributed by atoms with Crippen molar-refractivity contribution in [2.24, 2.45) is 0 Å². The van der Waals surface area contributed by atoms with Crippen molar-refractivity contribution in [3.05, 3.63) is 30.1 Å². The van der Waals surface area contributed by atoms with Crippen LogP contribution in [0.5, 0.6) is 0 Å². The van der Waals surface area contributed by atoms with E-state index in [0.29, 0.717) is 6.04 Å². The van der Waals surface area contributed by atoms with Crippen molar-refractivity contribution in [1.29, 1.82) is 0 Å². The highest BCUT2D eigenvalue weighted by Gasteiger charge is 2.17. The number of carbonyl (C=O) groups is 1. The van der Waals surface area contributed by atoms with Gasteiger partial charge >= 0.3 is 5.97 Å². The van der Waals surface area contributed by atoms with Crippen LogP contribution in [-0.2, 0) is 4.79 Å². The third-order valence-electron chi connectivity index (χ3n) is 2.93. The molecule has 80 valence electrons. The van der Waals surface area contributed by atoms with Gasteiger partial charge in [0.25, 0.3) is 0 Å². The normalized spacial score (nSPS) is 17.6. The molecular weight excluding hydrogens is 190 g/mol. The van der Waals surface area contributed by atoms with E-state index in [9.17, 15) is 4.79 Å². The Labute approximate surface area is 89.0 Å². The predicted octanol–water partition coefficient (Wildman–Crippen LogP) is 2.70. The number of hydrogen-bond donors (Lipinski definition) is 1. The van der Waals surface area contributed by atoms with E-state index in [1.54, 1.807) is 6.08 Å². The molecule has 3 nitrogen and oxygen atoms in total. The first-order valence-corrected chi connectivity index (χ1v) is 5.35. The molecule has 1 saturated carbocycles. The minimum absolute atomic E-state index is 0.563. The molecular formula is C12H15NO2. The highest BCUT2D eigenvalue weighted by Crippen LogP contribution is 2.30. The molecule has 1 fully saturated rings. The summed E-state index contributed by atoms with van der Waals surface area (Å²) in [5.74, 6) is -0.894. The predicted molar refractivity (Wildman–Crippen MR) is 58.6 cm³/mol. The Morgan fingerprint density at radius 3 is 2.87 bits per heavy atom. The smallest absolute Gasteiger partial charge is 0.328 e. The fourth-order valence-corrected chi connectivity index (χ4v) is 2.22. The Balaban J connectivity index is 2.17. The van der Waals surface area contributed by atoms with Gasteiger partial charge in [0.15, 0.2) is 0 Å². The zero-order chi connectivity index (χ0) is 10.7. The number of hydrogen-bond acceptors (Lipinski definition) is 1. The molecule has 1 N–H and O–H groups in total. The monoisotopic (exact) mass is 205 g/mol. The Morgan fingerprint density at radius 2 is 2.20 bits per heavy atom. The van der Waals surface area contributed by atoms with E-state index in [2.05, 4.69) is 4.57 Å². The Morgan fingerprint density at radius 1 is 1.47 bits per heavy atom. The lowest BCUT2D eigenvalue weighted by Gasteiger charge is -2.13. The first kappa shape index (κ1) is 10.0. The van der Waals surface area contributed by atoms with Crippen LogP contribution in [0.3, 0.4) is 0 Å². The summed E-state index contributed by atoms with van der Waals surface area (Å²) in [7, 11) is 0. The second-order valence-corrected chi connectivity index (χ2v) is 3.95. The summed E-state index contributed by atoms with van der Waals surface area (Å²) >= 11 is 0. The summed E-state index contributed by atoms with van der Waals surface area (Å²) in [6.45, 7) is 0. The van der Waals surface area contributed by atoms with Crippen molar-refractivity contribution in [2.45, 2.75) is 31.7 Å². The molecule has 0 amide bonds. The van der Waals surface area contributed by atoms with Crippen molar-refractivity contribution in [3.8, 4) is 0 Å². The number of carboxylic acids is 1. The maximum Gasteiger partial charge on any atom is 0.328 e. The van der Waals surface area contributed by atoms with E-state index in [4.69, 9.17) is 5.11 Å². The molecule has 0 aliphatic heterocycles. The van der Waals surface area contributed by atoms with Gasteiger partial charge in [-0.05, 0) is 31.1 Å². The van der Waals surface area contributed by atoms with Crippen molar-refractivity contribution in [1.82, 2.24) is 4.57 Å². The zero-order valence-electron chi connectivity index (χ0n) is 8.60. The average Bonchev–Trinajstić information content (AvgIpc) is 2.85. The maximum atomic E-state index is 10.4. The van der Waals surface area contributed by atoms with Gasteiger partial charge in [-0.2, -0.15) is 0 Å². The Kier molecular flexibility index (Phi) is 2.90. The quantitative estimate of drug-likeness (QED) is 0.771. The van der Waals surface area contributed by atoms with Crippen LogP contribution in [0.2, 0.25) is 0 Å². The summed E-state index contributed by atoms with van der Waals surface area (Å²) < 4.78 is 2.19. The van der Waals surface area contributed by atoms with Crippen LogP contribution in [-0.4, -0.2) is 15.6 Å². The summed E-state index contributed by atoms with van der Waals surface area (Å²) in [6.07, 6.45) is 9.89. The van der Waals surface area contributed by atoms with Gasteiger partial charge in [0.05, 0.1) is 0 Å². The first-order chi connectivity index (χ1) is 7.27. The first-order valence-electron chi connectivity index (χ1n) is 5.35. The number of aromatic nitrogens is 1. The van der Waals surface area contributed by atoms with Crippen LogP contribution in [0, 0.1) is 0 Å². The van der Waals surface area contributed by atoms with Crippen LogP contribution in [0.15, 0.2) is 24.4 Å².